The van der Waals surface area contributed by atoms with E-state index in [1.165, 1.54) is 19.3 Å². The molecule has 0 aromatic heterocycles. The van der Waals surface area contributed by atoms with Crippen LogP contribution in [0.25, 0.3) is 0 Å². The van der Waals surface area contributed by atoms with Gasteiger partial charge >= 0.3 is 5.97 Å². The molecule has 1 unspecified atom stereocenters. The van der Waals surface area contributed by atoms with E-state index in [1.807, 2.05) is 0 Å². The van der Waals surface area contributed by atoms with Gasteiger partial charge in [-0.1, -0.05) is 32.6 Å². The first kappa shape index (κ1) is 14.4. The number of aliphatic carboxylic acids is 1. The second kappa shape index (κ2) is 6.40. The lowest BCUT2D eigenvalue weighted by atomic mass is 9.92. The van der Waals surface area contributed by atoms with Crippen LogP contribution in [-0.2, 0) is 9.59 Å². The normalized spacial score (nSPS) is 32.2. The zero-order valence-corrected chi connectivity index (χ0v) is 11.7. The lowest BCUT2D eigenvalue weighted by Gasteiger charge is -2.25. The summed E-state index contributed by atoms with van der Waals surface area (Å²) < 4.78 is 0. The molecule has 2 saturated carbocycles. The minimum atomic E-state index is -0.806. The van der Waals surface area contributed by atoms with E-state index in [4.69, 9.17) is 0 Å². The molecule has 108 valence electrons. The van der Waals surface area contributed by atoms with Crippen LogP contribution in [0.1, 0.15) is 58.3 Å². The Morgan fingerprint density at radius 1 is 1.11 bits per heavy atom. The highest BCUT2D eigenvalue weighted by atomic mass is 16.4. The molecule has 2 rings (SSSR count). The molecule has 1 amide bonds. The number of hydrogen-bond acceptors (Lipinski definition) is 2. The van der Waals surface area contributed by atoms with Crippen molar-refractivity contribution < 1.29 is 14.7 Å². The monoisotopic (exact) mass is 267 g/mol. The van der Waals surface area contributed by atoms with E-state index in [2.05, 4.69) is 12.2 Å². The molecule has 0 aromatic rings. The Hall–Kier alpha value is -1.06. The molecule has 2 N–H and O–H groups in total. The van der Waals surface area contributed by atoms with E-state index in [9.17, 15) is 14.7 Å². The van der Waals surface area contributed by atoms with Crippen molar-refractivity contribution in [2.24, 2.45) is 17.8 Å². The van der Waals surface area contributed by atoms with Crippen molar-refractivity contribution in [1.82, 2.24) is 5.32 Å². The van der Waals surface area contributed by atoms with Crippen LogP contribution in [0.4, 0.5) is 0 Å². The average Bonchev–Trinajstić information content (AvgIpc) is 2.84. The van der Waals surface area contributed by atoms with Gasteiger partial charge in [-0.2, -0.15) is 0 Å². The molecule has 0 aromatic carbocycles. The fourth-order valence-electron chi connectivity index (χ4n) is 3.59. The summed E-state index contributed by atoms with van der Waals surface area (Å²) in [7, 11) is 0. The van der Waals surface area contributed by atoms with Crippen LogP contribution in [-0.4, -0.2) is 23.0 Å². The number of amides is 1. The summed E-state index contributed by atoms with van der Waals surface area (Å²) in [6.45, 7) is 2.07. The summed E-state index contributed by atoms with van der Waals surface area (Å²) in [6.07, 6.45) is 8.08. The highest BCUT2D eigenvalue weighted by Gasteiger charge is 2.42. The van der Waals surface area contributed by atoms with Crippen molar-refractivity contribution in [1.29, 1.82) is 0 Å². The van der Waals surface area contributed by atoms with Gasteiger partial charge in [0.05, 0.1) is 11.8 Å². The Morgan fingerprint density at radius 3 is 2.32 bits per heavy atom. The van der Waals surface area contributed by atoms with Crippen molar-refractivity contribution in [3.05, 3.63) is 0 Å². The van der Waals surface area contributed by atoms with Crippen LogP contribution in [0.15, 0.2) is 0 Å². The molecule has 0 radical (unpaired) electrons. The number of hydrogen-bond donors (Lipinski definition) is 2. The lowest BCUT2D eigenvalue weighted by Crippen LogP contribution is -2.42. The second-order valence-electron chi connectivity index (χ2n) is 6.14. The summed E-state index contributed by atoms with van der Waals surface area (Å²) in [5.74, 6) is -1.23. The maximum atomic E-state index is 12.3. The van der Waals surface area contributed by atoms with Gasteiger partial charge in [0.15, 0.2) is 0 Å². The van der Waals surface area contributed by atoms with E-state index in [0.29, 0.717) is 12.3 Å². The zero-order valence-electron chi connectivity index (χ0n) is 11.7. The van der Waals surface area contributed by atoms with Crippen LogP contribution < -0.4 is 5.32 Å². The summed E-state index contributed by atoms with van der Waals surface area (Å²) in [5, 5.41) is 12.4. The first-order valence-corrected chi connectivity index (χ1v) is 7.65. The maximum absolute atomic E-state index is 12.3. The summed E-state index contributed by atoms with van der Waals surface area (Å²) >= 11 is 0. The van der Waals surface area contributed by atoms with Crippen molar-refractivity contribution in [2.75, 3.05) is 0 Å². The zero-order chi connectivity index (χ0) is 13.8. The largest absolute Gasteiger partial charge is 0.481 e. The van der Waals surface area contributed by atoms with Crippen LogP contribution in [0.5, 0.6) is 0 Å². The SMILES string of the molecule is CCC1C[C@H](C(=O)NC2CCCCC2)[C@H](C(=O)O)C1. The van der Waals surface area contributed by atoms with Crippen LogP contribution in [0.3, 0.4) is 0 Å². The van der Waals surface area contributed by atoms with Crippen LogP contribution >= 0.6 is 0 Å². The summed E-state index contributed by atoms with van der Waals surface area (Å²) in [4.78, 5) is 23.6. The standard InChI is InChI=1S/C15H25NO3/c1-2-10-8-12(13(9-10)15(18)19)14(17)16-11-6-4-3-5-7-11/h10-13H,2-9H2,1H3,(H,16,17)(H,18,19)/t10?,12-,13+/m0/s1. The molecule has 3 atom stereocenters. The quantitative estimate of drug-likeness (QED) is 0.822. The molecule has 4 heteroatoms. The first-order chi connectivity index (χ1) is 9.11. The second-order valence-corrected chi connectivity index (χ2v) is 6.14. The lowest BCUT2D eigenvalue weighted by molar-refractivity contribution is -0.146. The van der Waals surface area contributed by atoms with Gasteiger partial charge in [0, 0.05) is 6.04 Å². The van der Waals surface area contributed by atoms with Gasteiger partial charge in [-0.3, -0.25) is 9.59 Å². The fraction of sp³-hybridized carbons (Fsp3) is 0.867. The van der Waals surface area contributed by atoms with Gasteiger partial charge in [-0.25, -0.2) is 0 Å². The number of carboxylic acid groups (broad SMARTS) is 1. The molecular formula is C15H25NO3. The minimum absolute atomic E-state index is 0.0183. The van der Waals surface area contributed by atoms with Gasteiger partial charge in [0.1, 0.15) is 0 Å². The number of nitrogens with one attached hydrogen (secondary N) is 1. The Bertz CT molecular complexity index is 336. The van der Waals surface area contributed by atoms with E-state index in [0.717, 1.165) is 25.7 Å². The molecule has 0 heterocycles. The van der Waals surface area contributed by atoms with E-state index >= 15 is 0 Å². The molecule has 19 heavy (non-hydrogen) atoms. The van der Waals surface area contributed by atoms with Crippen molar-refractivity contribution in [2.45, 2.75) is 64.3 Å². The molecule has 2 fully saturated rings. The van der Waals surface area contributed by atoms with Crippen LogP contribution in [0, 0.1) is 17.8 Å². The first-order valence-electron chi connectivity index (χ1n) is 7.65. The third-order valence-electron chi connectivity index (χ3n) is 4.84. The molecule has 2 aliphatic rings. The molecule has 0 spiro atoms. The van der Waals surface area contributed by atoms with Crippen molar-refractivity contribution in [3.8, 4) is 0 Å². The van der Waals surface area contributed by atoms with Gasteiger partial charge in [-0.15, -0.1) is 0 Å². The molecular weight excluding hydrogens is 242 g/mol. The van der Waals surface area contributed by atoms with Gasteiger partial charge < -0.3 is 10.4 Å². The minimum Gasteiger partial charge on any atom is -0.481 e. The van der Waals surface area contributed by atoms with Gasteiger partial charge in [0.2, 0.25) is 5.91 Å². The molecule has 4 nitrogen and oxygen atoms in total. The van der Waals surface area contributed by atoms with Crippen molar-refractivity contribution >= 4 is 11.9 Å². The van der Waals surface area contributed by atoms with Gasteiger partial charge in [-0.05, 0) is 31.6 Å². The maximum Gasteiger partial charge on any atom is 0.307 e. The number of carbonyl (C=O) groups excluding carboxylic acids is 1. The Balaban J connectivity index is 1.94. The summed E-state index contributed by atoms with van der Waals surface area (Å²) in [5.41, 5.74) is 0. The van der Waals surface area contributed by atoms with E-state index in [-0.39, 0.29) is 17.9 Å². The number of rotatable bonds is 4. The molecule has 2 aliphatic carbocycles. The fourth-order valence-corrected chi connectivity index (χ4v) is 3.59. The average molecular weight is 267 g/mol. The topological polar surface area (TPSA) is 66.4 Å². The predicted molar refractivity (Wildman–Crippen MR) is 72.6 cm³/mol. The third-order valence-corrected chi connectivity index (χ3v) is 4.84. The predicted octanol–water partition coefficient (Wildman–Crippen LogP) is 2.57. The highest BCUT2D eigenvalue weighted by Crippen LogP contribution is 2.38. The molecule has 0 bridgehead atoms. The van der Waals surface area contributed by atoms with Gasteiger partial charge in [0.25, 0.3) is 0 Å². The van der Waals surface area contributed by atoms with E-state index in [1.54, 1.807) is 0 Å². The highest BCUT2D eigenvalue weighted by molar-refractivity contribution is 5.85. The molecule has 0 aliphatic heterocycles. The number of carbonyl (C=O) groups is 2. The van der Waals surface area contributed by atoms with Crippen molar-refractivity contribution in [3.63, 3.8) is 0 Å². The smallest absolute Gasteiger partial charge is 0.307 e. The Morgan fingerprint density at radius 2 is 1.74 bits per heavy atom. The van der Waals surface area contributed by atoms with E-state index < -0.39 is 11.9 Å². The third kappa shape index (κ3) is 3.48. The Labute approximate surface area is 115 Å². The number of carboxylic acids is 1. The summed E-state index contributed by atoms with van der Waals surface area (Å²) in [6, 6.07) is 0.274. The Kier molecular flexibility index (Phi) is 4.83. The molecule has 0 saturated heterocycles. The van der Waals surface area contributed by atoms with Crippen LogP contribution in [0.2, 0.25) is 0 Å².